The van der Waals surface area contributed by atoms with Gasteiger partial charge in [0.1, 0.15) is 5.58 Å². The number of benzene rings is 1. The highest BCUT2D eigenvalue weighted by Gasteiger charge is 2.24. The summed E-state index contributed by atoms with van der Waals surface area (Å²) in [6, 6.07) is 5.53. The van der Waals surface area contributed by atoms with Crippen LogP contribution in [0.2, 0.25) is 0 Å². The van der Waals surface area contributed by atoms with Crippen LogP contribution < -0.4 is 4.72 Å². The molecular weight excluding hydrogens is 374 g/mol. The number of anilines is 1. The van der Waals surface area contributed by atoms with Gasteiger partial charge in [-0.3, -0.25) is 4.72 Å². The Bertz CT molecular complexity index is 879. The molecule has 1 aliphatic heterocycles. The van der Waals surface area contributed by atoms with Crippen molar-refractivity contribution >= 4 is 26.9 Å². The third kappa shape index (κ3) is 4.70. The summed E-state index contributed by atoms with van der Waals surface area (Å²) in [4.78, 5) is 2.53. The van der Waals surface area contributed by atoms with Gasteiger partial charge >= 0.3 is 10.2 Å². The highest BCUT2D eigenvalue weighted by Crippen LogP contribution is 2.36. The van der Waals surface area contributed by atoms with Crippen molar-refractivity contribution in [3.8, 4) is 0 Å². The number of fused-ring (bicyclic) bond motifs is 1. The lowest BCUT2D eigenvalue weighted by Gasteiger charge is -2.32. The van der Waals surface area contributed by atoms with E-state index in [-0.39, 0.29) is 0 Å². The Hall–Kier alpha value is -1.57. The summed E-state index contributed by atoms with van der Waals surface area (Å²) in [5.41, 5.74) is 2.59. The van der Waals surface area contributed by atoms with Crippen LogP contribution in [-0.2, 0) is 10.2 Å². The molecule has 0 aliphatic carbocycles. The predicted octanol–water partition coefficient (Wildman–Crippen LogP) is 4.27. The van der Waals surface area contributed by atoms with Crippen LogP contribution in [0.1, 0.15) is 52.0 Å². The summed E-state index contributed by atoms with van der Waals surface area (Å²) >= 11 is 0. The van der Waals surface area contributed by atoms with E-state index in [0.717, 1.165) is 43.4 Å². The van der Waals surface area contributed by atoms with E-state index in [4.69, 9.17) is 4.42 Å². The van der Waals surface area contributed by atoms with E-state index in [2.05, 4.69) is 23.5 Å². The SMILES string of the molecule is CCN(CC)S(=O)(=O)Nc1ccc2occ(C3CCN(CC(C)C)CC3)c2c1. The van der Waals surface area contributed by atoms with Crippen molar-refractivity contribution in [2.75, 3.05) is 37.4 Å². The van der Waals surface area contributed by atoms with E-state index >= 15 is 0 Å². The fourth-order valence-electron chi connectivity index (χ4n) is 4.15. The zero-order valence-electron chi connectivity index (χ0n) is 17.4. The Morgan fingerprint density at radius 2 is 1.89 bits per heavy atom. The van der Waals surface area contributed by atoms with Crippen molar-refractivity contribution in [1.82, 2.24) is 9.21 Å². The van der Waals surface area contributed by atoms with Crippen LogP contribution in [0.4, 0.5) is 5.69 Å². The molecule has 1 aliphatic rings. The number of hydrogen-bond acceptors (Lipinski definition) is 4. The Balaban J connectivity index is 1.78. The number of rotatable bonds is 8. The van der Waals surface area contributed by atoms with Crippen molar-refractivity contribution in [3.63, 3.8) is 0 Å². The Kier molecular flexibility index (Phi) is 6.68. The van der Waals surface area contributed by atoms with Crippen LogP contribution in [0, 0.1) is 5.92 Å². The standard InChI is InChI=1S/C21H33N3O3S/c1-5-24(6-2)28(25,26)22-18-7-8-21-19(13-18)20(15-27-21)17-9-11-23(12-10-17)14-16(3)4/h7-8,13,15-17,22H,5-6,9-12,14H2,1-4H3. The first kappa shape index (κ1) is 21.1. The lowest BCUT2D eigenvalue weighted by atomic mass is 9.89. The van der Waals surface area contributed by atoms with Crippen LogP contribution in [0.3, 0.4) is 0 Å². The monoisotopic (exact) mass is 407 g/mol. The van der Waals surface area contributed by atoms with E-state index < -0.39 is 10.2 Å². The molecule has 1 fully saturated rings. The lowest BCUT2D eigenvalue weighted by Crippen LogP contribution is -2.35. The van der Waals surface area contributed by atoms with Crippen molar-refractivity contribution < 1.29 is 12.8 Å². The van der Waals surface area contributed by atoms with Gasteiger partial charge in [-0.2, -0.15) is 12.7 Å². The van der Waals surface area contributed by atoms with Crippen LogP contribution in [0.25, 0.3) is 11.0 Å². The molecule has 1 N–H and O–H groups in total. The average molecular weight is 408 g/mol. The van der Waals surface area contributed by atoms with Gasteiger partial charge < -0.3 is 9.32 Å². The van der Waals surface area contributed by atoms with E-state index in [9.17, 15) is 8.42 Å². The fourth-order valence-corrected chi connectivity index (χ4v) is 5.38. The minimum atomic E-state index is -3.54. The molecule has 0 radical (unpaired) electrons. The van der Waals surface area contributed by atoms with Gasteiger partial charge in [0, 0.05) is 30.6 Å². The van der Waals surface area contributed by atoms with Gasteiger partial charge in [-0.1, -0.05) is 27.7 Å². The predicted molar refractivity (Wildman–Crippen MR) is 115 cm³/mol. The molecule has 0 atom stereocenters. The molecule has 7 heteroatoms. The molecule has 0 unspecified atom stereocenters. The van der Waals surface area contributed by atoms with Crippen LogP contribution in [0.5, 0.6) is 0 Å². The number of likely N-dealkylation sites (tertiary alicyclic amines) is 1. The number of hydrogen-bond donors (Lipinski definition) is 1. The zero-order chi connectivity index (χ0) is 20.3. The van der Waals surface area contributed by atoms with Gasteiger partial charge in [0.25, 0.3) is 0 Å². The number of piperidine rings is 1. The minimum Gasteiger partial charge on any atom is -0.464 e. The lowest BCUT2D eigenvalue weighted by molar-refractivity contribution is 0.192. The van der Waals surface area contributed by atoms with Crippen molar-refractivity contribution in [2.24, 2.45) is 5.92 Å². The van der Waals surface area contributed by atoms with Gasteiger partial charge in [-0.15, -0.1) is 0 Å². The summed E-state index contributed by atoms with van der Waals surface area (Å²) < 4.78 is 35.0. The van der Waals surface area contributed by atoms with Crippen LogP contribution in [0.15, 0.2) is 28.9 Å². The Labute approximate surface area is 169 Å². The smallest absolute Gasteiger partial charge is 0.301 e. The summed E-state index contributed by atoms with van der Waals surface area (Å²) in [6.07, 6.45) is 4.07. The fraction of sp³-hybridized carbons (Fsp3) is 0.619. The molecule has 0 bridgehead atoms. The van der Waals surface area contributed by atoms with E-state index in [1.54, 1.807) is 6.07 Å². The maximum Gasteiger partial charge on any atom is 0.301 e. The Morgan fingerprint density at radius 3 is 2.50 bits per heavy atom. The summed E-state index contributed by atoms with van der Waals surface area (Å²) in [6.45, 7) is 12.4. The molecule has 0 spiro atoms. The summed E-state index contributed by atoms with van der Waals surface area (Å²) in [7, 11) is -3.54. The molecule has 0 amide bonds. The van der Waals surface area contributed by atoms with Crippen molar-refractivity contribution in [2.45, 2.75) is 46.5 Å². The van der Waals surface area contributed by atoms with Gasteiger partial charge in [-0.05, 0) is 56.0 Å². The maximum absolute atomic E-state index is 12.5. The van der Waals surface area contributed by atoms with Crippen LogP contribution >= 0.6 is 0 Å². The molecule has 1 saturated heterocycles. The largest absolute Gasteiger partial charge is 0.464 e. The molecule has 0 saturated carbocycles. The van der Waals surface area contributed by atoms with Crippen molar-refractivity contribution in [3.05, 3.63) is 30.0 Å². The molecule has 1 aromatic carbocycles. The molecule has 3 rings (SSSR count). The van der Waals surface area contributed by atoms with Crippen molar-refractivity contribution in [1.29, 1.82) is 0 Å². The first-order valence-electron chi connectivity index (χ1n) is 10.4. The second-order valence-corrected chi connectivity index (χ2v) is 9.73. The number of furan rings is 1. The third-order valence-corrected chi connectivity index (χ3v) is 7.24. The van der Waals surface area contributed by atoms with Crippen LogP contribution in [-0.4, -0.2) is 50.3 Å². The first-order valence-corrected chi connectivity index (χ1v) is 11.8. The first-order chi connectivity index (χ1) is 13.3. The Morgan fingerprint density at radius 1 is 1.21 bits per heavy atom. The second kappa shape index (κ2) is 8.84. The van der Waals surface area contributed by atoms with Gasteiger partial charge in [0.05, 0.1) is 12.0 Å². The normalized spacial score (nSPS) is 17.1. The van der Waals surface area contributed by atoms with E-state index in [1.807, 2.05) is 32.2 Å². The maximum atomic E-state index is 12.5. The highest BCUT2D eigenvalue weighted by atomic mass is 32.2. The number of nitrogens with zero attached hydrogens (tertiary/aromatic N) is 2. The molecule has 28 heavy (non-hydrogen) atoms. The summed E-state index contributed by atoms with van der Waals surface area (Å²) in [5, 5.41) is 1.02. The van der Waals surface area contributed by atoms with Gasteiger partial charge in [0.2, 0.25) is 0 Å². The zero-order valence-corrected chi connectivity index (χ0v) is 18.3. The summed E-state index contributed by atoms with van der Waals surface area (Å²) in [5.74, 6) is 1.15. The minimum absolute atomic E-state index is 0.444. The third-order valence-electron chi connectivity index (χ3n) is 5.55. The molecule has 2 heterocycles. The van der Waals surface area contributed by atoms with E-state index in [1.165, 1.54) is 9.87 Å². The molecule has 6 nitrogen and oxygen atoms in total. The molecule has 2 aromatic rings. The second-order valence-electron chi connectivity index (χ2n) is 8.06. The molecule has 156 valence electrons. The molecule has 1 aromatic heterocycles. The molecular formula is C21H33N3O3S. The highest BCUT2D eigenvalue weighted by molar-refractivity contribution is 7.90. The quantitative estimate of drug-likeness (QED) is 0.710. The number of nitrogens with one attached hydrogen (secondary N) is 1. The topological polar surface area (TPSA) is 65.8 Å². The van der Waals surface area contributed by atoms with Gasteiger partial charge in [-0.25, -0.2) is 0 Å². The van der Waals surface area contributed by atoms with Gasteiger partial charge in [0.15, 0.2) is 0 Å². The van der Waals surface area contributed by atoms with E-state index in [0.29, 0.717) is 30.6 Å². The average Bonchev–Trinajstić information content (AvgIpc) is 3.05.